The summed E-state index contributed by atoms with van der Waals surface area (Å²) in [7, 11) is 2.50. The van der Waals surface area contributed by atoms with Gasteiger partial charge in [-0.3, -0.25) is 0 Å². The number of anilines is 2. The first-order valence-corrected chi connectivity index (χ1v) is 20.5. The zero-order valence-corrected chi connectivity index (χ0v) is 33.9. The predicted molar refractivity (Wildman–Crippen MR) is 246 cm³/mol. The number of hydrogen-bond acceptors (Lipinski definition) is 1. The van der Waals surface area contributed by atoms with Gasteiger partial charge >= 0.3 is 0 Å². The highest BCUT2D eigenvalue weighted by atomic mass is 15.0. The Balaban J connectivity index is 1.25. The van der Waals surface area contributed by atoms with E-state index < -0.39 is 0 Å². The average molecular weight is 736 g/mol. The molecular formula is C54H48BN2. The molecule has 1 aromatic heterocycles. The second kappa shape index (κ2) is 13.3. The van der Waals surface area contributed by atoms with Crippen molar-refractivity contribution in [3.05, 3.63) is 168 Å². The van der Waals surface area contributed by atoms with E-state index in [-0.39, 0.29) is 10.8 Å². The smallest absolute Gasteiger partial charge is 0.197 e. The number of nitrogens with one attached hydrogen (secondary N) is 1. The Bertz CT molecular complexity index is 2880. The quantitative estimate of drug-likeness (QED) is 0.174. The molecule has 0 bridgehead atoms. The molecule has 10 rings (SSSR count). The van der Waals surface area contributed by atoms with E-state index in [4.69, 9.17) is 0 Å². The first-order valence-electron chi connectivity index (χ1n) is 20.5. The zero-order valence-electron chi connectivity index (χ0n) is 33.9. The summed E-state index contributed by atoms with van der Waals surface area (Å²) in [5, 5.41) is 7.74. The van der Waals surface area contributed by atoms with E-state index in [1.807, 2.05) is 0 Å². The third-order valence-electron chi connectivity index (χ3n) is 12.3. The zero-order chi connectivity index (χ0) is 39.1. The summed E-state index contributed by atoms with van der Waals surface area (Å²) in [5.74, 6) is 0. The standard InChI is InChI=1S/C54H48BN2/c1-53(2,3)39-24-28-48-43(31-39)44-32-40(54(4,5)6)33-46-52(44)57(48)49-30-38(35-17-11-8-12-18-35)29-45(51(49)55-46)50-42-20-14-13-19-37(42)23-27-47(50)56-41-25-21-36(22-26-41)34-15-9-7-10-16-34/h7-23,25-27,29-33,56H,24,28H2,1-6H3. The highest BCUT2D eigenvalue weighted by Gasteiger charge is 2.33. The molecule has 2 nitrogen and oxygen atoms in total. The van der Waals surface area contributed by atoms with Crippen LogP contribution in [0.3, 0.4) is 0 Å². The molecule has 0 amide bonds. The van der Waals surface area contributed by atoms with Gasteiger partial charge in [0.05, 0.1) is 0 Å². The van der Waals surface area contributed by atoms with Gasteiger partial charge in [0.2, 0.25) is 0 Å². The van der Waals surface area contributed by atoms with Crippen molar-refractivity contribution in [1.29, 1.82) is 0 Å². The van der Waals surface area contributed by atoms with E-state index in [1.165, 1.54) is 94.1 Å². The Morgan fingerprint density at radius 1 is 0.579 bits per heavy atom. The maximum Gasteiger partial charge on any atom is 0.197 e. The van der Waals surface area contributed by atoms with Crippen LogP contribution in [0.25, 0.3) is 66.8 Å². The molecule has 1 radical (unpaired) electrons. The third kappa shape index (κ3) is 6.12. The molecule has 1 aliphatic carbocycles. The van der Waals surface area contributed by atoms with Crippen LogP contribution < -0.4 is 16.2 Å². The maximum absolute atomic E-state index is 3.91. The minimum atomic E-state index is 0.00179. The fraction of sp³-hybridized carbons (Fsp3) is 0.185. The lowest BCUT2D eigenvalue weighted by atomic mass is 9.58. The minimum absolute atomic E-state index is 0.00179. The van der Waals surface area contributed by atoms with Crippen LogP contribution in [0.4, 0.5) is 11.4 Å². The summed E-state index contributed by atoms with van der Waals surface area (Å²) < 4.78 is 2.65. The Morgan fingerprint density at radius 3 is 1.95 bits per heavy atom. The van der Waals surface area contributed by atoms with E-state index >= 15 is 0 Å². The van der Waals surface area contributed by atoms with Crippen LogP contribution in [0.5, 0.6) is 0 Å². The normalized spacial score (nSPS) is 13.5. The Morgan fingerprint density at radius 2 is 1.25 bits per heavy atom. The second-order valence-electron chi connectivity index (χ2n) is 18.1. The van der Waals surface area contributed by atoms with E-state index in [0.717, 1.165) is 24.2 Å². The van der Waals surface area contributed by atoms with Crippen molar-refractivity contribution < 1.29 is 0 Å². The molecule has 1 N–H and O–H groups in total. The minimum Gasteiger partial charge on any atom is -0.355 e. The molecule has 277 valence electrons. The third-order valence-corrected chi connectivity index (χ3v) is 12.3. The highest BCUT2D eigenvalue weighted by molar-refractivity contribution is 6.73. The molecule has 8 aromatic rings. The van der Waals surface area contributed by atoms with E-state index in [1.54, 1.807) is 0 Å². The Labute approximate surface area is 338 Å². The fourth-order valence-electron chi connectivity index (χ4n) is 9.16. The van der Waals surface area contributed by atoms with Gasteiger partial charge in [0.25, 0.3) is 0 Å². The molecule has 7 aromatic carbocycles. The van der Waals surface area contributed by atoms with Crippen LogP contribution >= 0.6 is 0 Å². The van der Waals surface area contributed by atoms with E-state index in [0.29, 0.717) is 0 Å². The number of benzene rings is 7. The highest BCUT2D eigenvalue weighted by Crippen LogP contribution is 2.45. The lowest BCUT2D eigenvalue weighted by molar-refractivity contribution is 0.483. The molecule has 1 aliphatic heterocycles. The molecule has 0 spiro atoms. The SMILES string of the molecule is CC(C)(C)C1=Cc2c(n3c4c(cc(C(C)(C)C)cc24)[B]c2c(-c4c(Nc5ccc(-c6ccccc6)cc5)ccc5ccccc45)cc(-c4ccccc4)cc2-3)CC1. The summed E-state index contributed by atoms with van der Waals surface area (Å²) in [6, 6.07) is 53.6. The van der Waals surface area contributed by atoms with Gasteiger partial charge < -0.3 is 9.88 Å². The maximum atomic E-state index is 3.91. The summed E-state index contributed by atoms with van der Waals surface area (Å²) in [5.41, 5.74) is 20.4. The van der Waals surface area contributed by atoms with Crippen LogP contribution in [0, 0.1) is 5.41 Å². The summed E-state index contributed by atoms with van der Waals surface area (Å²) in [6.45, 7) is 14.1. The van der Waals surface area contributed by atoms with Gasteiger partial charge in [-0.05, 0) is 110 Å². The van der Waals surface area contributed by atoms with Gasteiger partial charge in [-0.1, -0.05) is 168 Å². The summed E-state index contributed by atoms with van der Waals surface area (Å²) >= 11 is 0. The van der Waals surface area contributed by atoms with Crippen LogP contribution in [-0.2, 0) is 11.8 Å². The monoisotopic (exact) mass is 735 g/mol. The van der Waals surface area contributed by atoms with Crippen molar-refractivity contribution in [2.24, 2.45) is 5.41 Å². The van der Waals surface area contributed by atoms with Gasteiger partial charge in [-0.15, -0.1) is 0 Å². The first kappa shape index (κ1) is 35.4. The molecular weight excluding hydrogens is 687 g/mol. The Hall–Kier alpha value is -6.06. The molecule has 0 fully saturated rings. The number of aromatic nitrogens is 1. The molecule has 0 atom stereocenters. The number of fused-ring (bicyclic) bond motifs is 6. The van der Waals surface area contributed by atoms with Crippen molar-refractivity contribution in [3.8, 4) is 39.1 Å². The molecule has 0 saturated carbocycles. The van der Waals surface area contributed by atoms with Crippen LogP contribution in [0.2, 0.25) is 0 Å². The fourth-order valence-corrected chi connectivity index (χ4v) is 9.16. The van der Waals surface area contributed by atoms with Crippen LogP contribution in [-0.4, -0.2) is 11.8 Å². The molecule has 0 saturated heterocycles. The van der Waals surface area contributed by atoms with Crippen molar-refractivity contribution in [2.45, 2.75) is 59.8 Å². The predicted octanol–water partition coefficient (Wildman–Crippen LogP) is 13.2. The van der Waals surface area contributed by atoms with Crippen molar-refractivity contribution in [1.82, 2.24) is 4.57 Å². The van der Waals surface area contributed by atoms with Crippen LogP contribution in [0.15, 0.2) is 151 Å². The van der Waals surface area contributed by atoms with Crippen molar-refractivity contribution >= 4 is 57.3 Å². The van der Waals surface area contributed by atoms with Gasteiger partial charge in [0.1, 0.15) is 0 Å². The van der Waals surface area contributed by atoms with E-state index in [9.17, 15) is 0 Å². The Kier molecular flexibility index (Phi) is 8.24. The lowest BCUT2D eigenvalue weighted by Gasteiger charge is -2.29. The van der Waals surface area contributed by atoms with Gasteiger partial charge in [0.15, 0.2) is 7.28 Å². The average Bonchev–Trinajstić information content (AvgIpc) is 3.55. The number of hydrogen-bond donors (Lipinski definition) is 1. The number of rotatable bonds is 5. The summed E-state index contributed by atoms with van der Waals surface area (Å²) in [6.07, 6.45) is 4.62. The largest absolute Gasteiger partial charge is 0.355 e. The number of allylic oxidation sites excluding steroid dienone is 1. The molecule has 57 heavy (non-hydrogen) atoms. The second-order valence-corrected chi connectivity index (χ2v) is 18.1. The van der Waals surface area contributed by atoms with Gasteiger partial charge in [-0.25, -0.2) is 0 Å². The van der Waals surface area contributed by atoms with Crippen molar-refractivity contribution in [2.75, 3.05) is 5.32 Å². The first-order chi connectivity index (χ1) is 27.5. The number of nitrogens with zero attached hydrogens (tertiary/aromatic N) is 1. The van der Waals surface area contributed by atoms with Gasteiger partial charge in [-0.2, -0.15) is 0 Å². The van der Waals surface area contributed by atoms with Crippen molar-refractivity contribution in [3.63, 3.8) is 0 Å². The van der Waals surface area contributed by atoms with E-state index in [2.05, 4.69) is 210 Å². The lowest BCUT2D eigenvalue weighted by Crippen LogP contribution is -2.38. The topological polar surface area (TPSA) is 17.0 Å². The molecule has 0 unspecified atom stereocenters. The molecule has 2 aliphatic rings. The van der Waals surface area contributed by atoms with Gasteiger partial charge in [0, 0.05) is 44.8 Å². The van der Waals surface area contributed by atoms with Crippen LogP contribution in [0.1, 0.15) is 64.8 Å². The molecule has 2 heterocycles. The molecule has 3 heteroatoms. The summed E-state index contributed by atoms with van der Waals surface area (Å²) in [4.78, 5) is 0.